The molecule has 68 valence electrons. The fraction of sp³-hybridized carbons (Fsp3) is 0.727. The minimum atomic E-state index is 0.250. The Hall–Kier alpha value is -0.590. The summed E-state index contributed by atoms with van der Waals surface area (Å²) in [5, 5.41) is 0. The molecule has 0 spiro atoms. The molecule has 0 heterocycles. The molecule has 0 aliphatic heterocycles. The van der Waals surface area contributed by atoms with Crippen LogP contribution in [0.1, 0.15) is 39.5 Å². The van der Waals surface area contributed by atoms with Gasteiger partial charge in [-0.2, -0.15) is 0 Å². The number of allylic oxidation sites excluding steroid dienone is 2. The van der Waals surface area contributed by atoms with E-state index in [0.29, 0.717) is 5.92 Å². The lowest BCUT2D eigenvalue weighted by molar-refractivity contribution is -0.112. The Balaban J connectivity index is 2.45. The smallest absolute Gasteiger partial charge is 0.123 e. The first kappa shape index (κ1) is 9.50. The molecule has 2 unspecified atom stereocenters. The predicted molar refractivity (Wildman–Crippen MR) is 50.9 cm³/mol. The van der Waals surface area contributed by atoms with Crippen molar-refractivity contribution in [3.05, 3.63) is 11.6 Å². The van der Waals surface area contributed by atoms with E-state index in [2.05, 4.69) is 13.0 Å². The number of carbonyl (C=O) groups is 1. The number of hydrogen-bond donors (Lipinski definition) is 0. The lowest BCUT2D eigenvalue weighted by atomic mass is 9.82. The van der Waals surface area contributed by atoms with Crippen LogP contribution < -0.4 is 0 Å². The van der Waals surface area contributed by atoms with Crippen LogP contribution in [0, 0.1) is 11.8 Å². The predicted octanol–water partition coefficient (Wildman–Crippen LogP) is 2.96. The summed E-state index contributed by atoms with van der Waals surface area (Å²) in [6.07, 6.45) is 8.13. The molecular formula is C11H18O. The quantitative estimate of drug-likeness (QED) is 0.465. The molecule has 1 aliphatic rings. The topological polar surface area (TPSA) is 17.1 Å². The summed E-state index contributed by atoms with van der Waals surface area (Å²) >= 11 is 0. The van der Waals surface area contributed by atoms with Gasteiger partial charge in [-0.25, -0.2) is 0 Å². The number of carbonyl (C=O) groups excluding carboxylic acids is 1. The van der Waals surface area contributed by atoms with Gasteiger partial charge in [-0.05, 0) is 31.6 Å². The van der Waals surface area contributed by atoms with Crippen LogP contribution in [0.2, 0.25) is 0 Å². The van der Waals surface area contributed by atoms with Crippen LogP contribution in [0.3, 0.4) is 0 Å². The zero-order valence-corrected chi connectivity index (χ0v) is 8.05. The first-order valence-corrected chi connectivity index (χ1v) is 4.91. The van der Waals surface area contributed by atoms with E-state index in [9.17, 15) is 4.79 Å². The van der Waals surface area contributed by atoms with Crippen molar-refractivity contribution in [1.82, 2.24) is 0 Å². The molecule has 0 radical (unpaired) electrons. The monoisotopic (exact) mass is 166 g/mol. The summed E-state index contributed by atoms with van der Waals surface area (Å²) in [5.41, 5.74) is 1.57. The molecule has 0 N–H and O–H groups in total. The van der Waals surface area contributed by atoms with Gasteiger partial charge < -0.3 is 4.79 Å². The van der Waals surface area contributed by atoms with Crippen molar-refractivity contribution < 1.29 is 4.79 Å². The van der Waals surface area contributed by atoms with Crippen LogP contribution in [-0.4, -0.2) is 6.29 Å². The molecule has 1 heteroatoms. The van der Waals surface area contributed by atoms with Crippen LogP contribution in [0.25, 0.3) is 0 Å². The molecule has 1 aliphatic carbocycles. The maximum Gasteiger partial charge on any atom is 0.123 e. The minimum Gasteiger partial charge on any atom is -0.303 e. The van der Waals surface area contributed by atoms with Gasteiger partial charge in [-0.15, -0.1) is 0 Å². The third kappa shape index (κ3) is 2.20. The van der Waals surface area contributed by atoms with E-state index >= 15 is 0 Å². The van der Waals surface area contributed by atoms with Gasteiger partial charge in [0.05, 0.1) is 0 Å². The second-order valence-electron chi connectivity index (χ2n) is 3.75. The molecule has 0 bridgehead atoms. The number of hydrogen-bond acceptors (Lipinski definition) is 1. The molecule has 1 nitrogen and oxygen atoms in total. The Morgan fingerprint density at radius 3 is 2.92 bits per heavy atom. The van der Waals surface area contributed by atoms with Gasteiger partial charge in [-0.1, -0.05) is 25.5 Å². The average molecular weight is 166 g/mol. The van der Waals surface area contributed by atoms with Gasteiger partial charge in [0.25, 0.3) is 0 Å². The Bertz CT molecular complexity index is 181. The van der Waals surface area contributed by atoms with Crippen molar-refractivity contribution in [2.75, 3.05) is 0 Å². The lowest BCUT2D eigenvalue weighted by Crippen LogP contribution is -2.15. The van der Waals surface area contributed by atoms with E-state index in [1.54, 1.807) is 5.57 Å². The zero-order chi connectivity index (χ0) is 8.97. The van der Waals surface area contributed by atoms with E-state index in [0.717, 1.165) is 12.7 Å². The number of aldehydes is 1. The molecule has 0 amide bonds. The van der Waals surface area contributed by atoms with Crippen molar-refractivity contribution in [2.45, 2.75) is 39.5 Å². The second-order valence-corrected chi connectivity index (χ2v) is 3.75. The van der Waals surface area contributed by atoms with Gasteiger partial charge >= 0.3 is 0 Å². The summed E-state index contributed by atoms with van der Waals surface area (Å²) in [7, 11) is 0. The van der Waals surface area contributed by atoms with Gasteiger partial charge in [0.15, 0.2) is 0 Å². The van der Waals surface area contributed by atoms with E-state index in [-0.39, 0.29) is 5.92 Å². The normalized spacial score (nSPS) is 26.2. The van der Waals surface area contributed by atoms with Gasteiger partial charge in [0, 0.05) is 5.92 Å². The molecule has 0 aromatic rings. The molecule has 0 saturated heterocycles. The van der Waals surface area contributed by atoms with Crippen LogP contribution in [-0.2, 0) is 4.79 Å². The number of rotatable bonds is 3. The van der Waals surface area contributed by atoms with Crippen molar-refractivity contribution in [3.8, 4) is 0 Å². The van der Waals surface area contributed by atoms with Gasteiger partial charge in [-0.3, -0.25) is 0 Å². The first-order chi connectivity index (χ1) is 5.77. The Morgan fingerprint density at radius 2 is 2.50 bits per heavy atom. The summed E-state index contributed by atoms with van der Waals surface area (Å²) in [6, 6.07) is 0. The Kier molecular flexibility index (Phi) is 3.51. The third-order valence-corrected chi connectivity index (χ3v) is 2.96. The van der Waals surface area contributed by atoms with Gasteiger partial charge in [0.1, 0.15) is 6.29 Å². The highest BCUT2D eigenvalue weighted by molar-refractivity contribution is 5.53. The van der Waals surface area contributed by atoms with Crippen LogP contribution in [0.4, 0.5) is 0 Å². The minimum absolute atomic E-state index is 0.250. The fourth-order valence-electron chi connectivity index (χ4n) is 1.82. The fourth-order valence-corrected chi connectivity index (χ4v) is 1.82. The van der Waals surface area contributed by atoms with Crippen LogP contribution in [0.5, 0.6) is 0 Å². The molecule has 0 saturated carbocycles. The molecular weight excluding hydrogens is 148 g/mol. The molecule has 2 atom stereocenters. The summed E-state index contributed by atoms with van der Waals surface area (Å²) in [4.78, 5) is 10.5. The van der Waals surface area contributed by atoms with E-state index < -0.39 is 0 Å². The average Bonchev–Trinajstić information content (AvgIpc) is 2.17. The largest absolute Gasteiger partial charge is 0.303 e. The summed E-state index contributed by atoms with van der Waals surface area (Å²) in [6.45, 7) is 4.23. The standard InChI is InChI=1S/C11H18O/c1-3-10-4-6-11(7-5-10)9(2)8-12/h4,8-9,11H,3,5-7H2,1-2H3. The molecule has 0 aromatic heterocycles. The highest BCUT2D eigenvalue weighted by atomic mass is 16.1. The second kappa shape index (κ2) is 4.44. The van der Waals surface area contributed by atoms with Gasteiger partial charge in [0.2, 0.25) is 0 Å². The zero-order valence-electron chi connectivity index (χ0n) is 8.05. The van der Waals surface area contributed by atoms with E-state index in [1.165, 1.54) is 19.3 Å². The Labute approximate surface area is 74.9 Å². The maximum absolute atomic E-state index is 10.5. The van der Waals surface area contributed by atoms with Crippen molar-refractivity contribution >= 4 is 6.29 Å². The van der Waals surface area contributed by atoms with Crippen LogP contribution >= 0.6 is 0 Å². The van der Waals surface area contributed by atoms with Crippen molar-refractivity contribution in [3.63, 3.8) is 0 Å². The molecule has 0 aromatic carbocycles. The van der Waals surface area contributed by atoms with E-state index in [4.69, 9.17) is 0 Å². The van der Waals surface area contributed by atoms with Crippen LogP contribution in [0.15, 0.2) is 11.6 Å². The summed E-state index contributed by atoms with van der Waals surface area (Å²) in [5.74, 6) is 0.859. The third-order valence-electron chi connectivity index (χ3n) is 2.96. The van der Waals surface area contributed by atoms with E-state index in [1.807, 2.05) is 6.92 Å². The highest BCUT2D eigenvalue weighted by Crippen LogP contribution is 2.29. The van der Waals surface area contributed by atoms with Crippen molar-refractivity contribution in [1.29, 1.82) is 0 Å². The Morgan fingerprint density at radius 1 is 1.75 bits per heavy atom. The molecule has 1 rings (SSSR count). The lowest BCUT2D eigenvalue weighted by Gasteiger charge is -2.23. The SMILES string of the molecule is CCC1=CCC(C(C)C=O)CC1. The molecule has 0 fully saturated rings. The first-order valence-electron chi connectivity index (χ1n) is 4.91. The van der Waals surface area contributed by atoms with Crippen molar-refractivity contribution in [2.24, 2.45) is 11.8 Å². The molecule has 12 heavy (non-hydrogen) atoms. The maximum atomic E-state index is 10.5. The highest BCUT2D eigenvalue weighted by Gasteiger charge is 2.18. The summed E-state index contributed by atoms with van der Waals surface area (Å²) < 4.78 is 0.